The van der Waals surface area contributed by atoms with E-state index in [1.807, 2.05) is 48.5 Å². The Bertz CT molecular complexity index is 1480. The Labute approximate surface area is 248 Å². The first-order valence-electron chi connectivity index (χ1n) is 14.9. The number of ether oxygens (including phenoxy) is 1. The van der Waals surface area contributed by atoms with E-state index in [1.54, 1.807) is 13.2 Å². The summed E-state index contributed by atoms with van der Waals surface area (Å²) in [4.78, 5) is 12.3. The SMILES string of the molecule is COc1ccccc1NCc1ccc([C@H]2C[C@@]3(C)C(CC[C@@]3(O)C(F)(F)C(F)(F)F)C3CCC4=CC(=O)CCC4=C32)cc1. The van der Waals surface area contributed by atoms with Crippen molar-refractivity contribution in [1.29, 1.82) is 0 Å². The van der Waals surface area contributed by atoms with Crippen LogP contribution in [0.2, 0.25) is 0 Å². The third kappa shape index (κ3) is 4.61. The molecule has 230 valence electrons. The number of alkyl halides is 5. The fraction of sp³-hybridized carbons (Fsp3) is 0.500. The van der Waals surface area contributed by atoms with Crippen LogP contribution in [-0.2, 0) is 11.3 Å². The van der Waals surface area contributed by atoms with Gasteiger partial charge in [-0.15, -0.1) is 0 Å². The minimum absolute atomic E-state index is 0.0325. The summed E-state index contributed by atoms with van der Waals surface area (Å²) in [7, 11) is 1.59. The molecule has 2 unspecified atom stereocenters. The van der Waals surface area contributed by atoms with Gasteiger partial charge in [0.2, 0.25) is 0 Å². The second-order valence-electron chi connectivity index (χ2n) is 12.8. The van der Waals surface area contributed by atoms with E-state index < -0.39 is 41.4 Å². The monoisotopic (exact) mass is 601 g/mol. The van der Waals surface area contributed by atoms with Gasteiger partial charge in [-0.25, -0.2) is 0 Å². The molecule has 0 amide bonds. The Kier molecular flexibility index (Phi) is 7.26. The maximum absolute atomic E-state index is 15.2. The number of methoxy groups -OCH3 is 1. The maximum atomic E-state index is 15.2. The number of rotatable bonds is 6. The number of carbonyl (C=O) groups excluding carboxylic acids is 1. The van der Waals surface area contributed by atoms with Crippen LogP contribution in [0.3, 0.4) is 0 Å². The van der Waals surface area contributed by atoms with E-state index in [2.05, 4.69) is 5.32 Å². The highest BCUT2D eigenvalue weighted by Crippen LogP contribution is 2.70. The standard InChI is InChI=1S/C34H36F5NO3/c1-31-18-26(21-9-7-20(8-10-21)19-40-28-5-3-4-6-29(28)43-2)30-24-14-12-23(41)17-22(24)11-13-25(30)27(31)15-16-32(31,42)33(35,36)34(37,38)39/h3-10,17,25-27,40,42H,11-16,18-19H2,1-2H3/t25?,26-,27?,31+,32+/m1/s1. The van der Waals surface area contributed by atoms with E-state index in [1.165, 1.54) is 6.92 Å². The second kappa shape index (κ2) is 10.5. The van der Waals surface area contributed by atoms with Crippen LogP contribution in [0.5, 0.6) is 5.75 Å². The van der Waals surface area contributed by atoms with Crippen molar-refractivity contribution >= 4 is 11.5 Å². The minimum Gasteiger partial charge on any atom is -0.495 e. The van der Waals surface area contributed by atoms with Crippen LogP contribution in [0.1, 0.15) is 68.9 Å². The zero-order valence-electron chi connectivity index (χ0n) is 24.2. The summed E-state index contributed by atoms with van der Waals surface area (Å²) < 4.78 is 77.1. The molecule has 2 aromatic rings. The van der Waals surface area contributed by atoms with Crippen molar-refractivity contribution in [3.8, 4) is 5.75 Å². The Morgan fingerprint density at radius 2 is 1.72 bits per heavy atom. The highest BCUT2D eigenvalue weighted by Gasteiger charge is 2.79. The maximum Gasteiger partial charge on any atom is 0.456 e. The summed E-state index contributed by atoms with van der Waals surface area (Å²) in [5.74, 6) is -5.70. The Balaban J connectivity index is 1.39. The Hall–Kier alpha value is -3.20. The quantitative estimate of drug-likeness (QED) is 0.328. The van der Waals surface area contributed by atoms with Gasteiger partial charge in [-0.3, -0.25) is 4.79 Å². The van der Waals surface area contributed by atoms with Gasteiger partial charge in [0.05, 0.1) is 12.8 Å². The molecule has 43 heavy (non-hydrogen) atoms. The first-order valence-corrected chi connectivity index (χ1v) is 14.9. The lowest BCUT2D eigenvalue weighted by Gasteiger charge is -2.56. The molecular formula is C34H36F5NO3. The van der Waals surface area contributed by atoms with Crippen molar-refractivity contribution in [2.24, 2.45) is 17.3 Å². The number of allylic oxidation sites excluding steroid dienone is 4. The fourth-order valence-electron chi connectivity index (χ4n) is 8.57. The lowest BCUT2D eigenvalue weighted by Crippen LogP contribution is -2.65. The summed E-state index contributed by atoms with van der Waals surface area (Å²) in [6, 6.07) is 15.2. The average molecular weight is 602 g/mol. The van der Waals surface area contributed by atoms with Crippen LogP contribution < -0.4 is 10.1 Å². The molecule has 4 nitrogen and oxygen atoms in total. The van der Waals surface area contributed by atoms with Crippen LogP contribution in [-0.4, -0.2) is 35.7 Å². The van der Waals surface area contributed by atoms with E-state index >= 15 is 8.78 Å². The van der Waals surface area contributed by atoms with Gasteiger partial charge in [-0.1, -0.05) is 48.9 Å². The number of hydrogen-bond donors (Lipinski definition) is 2. The van der Waals surface area contributed by atoms with Gasteiger partial charge in [0.25, 0.3) is 0 Å². The van der Waals surface area contributed by atoms with Crippen molar-refractivity contribution in [3.63, 3.8) is 0 Å². The number of halogens is 5. The molecule has 0 bridgehead atoms. The second-order valence-corrected chi connectivity index (χ2v) is 12.8. The summed E-state index contributed by atoms with van der Waals surface area (Å²) in [6.45, 7) is 1.94. The number of para-hydroxylation sites is 2. The van der Waals surface area contributed by atoms with Gasteiger partial charge in [0.15, 0.2) is 5.78 Å². The van der Waals surface area contributed by atoms with Gasteiger partial charge >= 0.3 is 12.1 Å². The molecule has 9 heteroatoms. The van der Waals surface area contributed by atoms with Crippen molar-refractivity contribution < 1.29 is 36.6 Å². The topological polar surface area (TPSA) is 58.6 Å². The minimum atomic E-state index is -5.86. The number of benzene rings is 2. The van der Waals surface area contributed by atoms with Crippen LogP contribution in [0.15, 0.2) is 71.3 Å². The average Bonchev–Trinajstić information content (AvgIpc) is 3.26. The fourth-order valence-corrected chi connectivity index (χ4v) is 8.57. The molecule has 4 aliphatic rings. The zero-order valence-corrected chi connectivity index (χ0v) is 24.2. The molecule has 2 aromatic carbocycles. The lowest BCUT2D eigenvalue weighted by molar-refractivity contribution is -0.362. The molecule has 0 heterocycles. The predicted octanol–water partition coefficient (Wildman–Crippen LogP) is 8.14. The molecule has 0 aromatic heterocycles. The van der Waals surface area contributed by atoms with Gasteiger partial charge in [0, 0.05) is 24.3 Å². The predicted molar refractivity (Wildman–Crippen MR) is 153 cm³/mol. The van der Waals surface area contributed by atoms with Crippen LogP contribution in [0.4, 0.5) is 27.6 Å². The normalized spacial score (nSPS) is 30.7. The van der Waals surface area contributed by atoms with Crippen molar-refractivity contribution in [3.05, 3.63) is 82.5 Å². The zero-order chi connectivity index (χ0) is 30.8. The summed E-state index contributed by atoms with van der Waals surface area (Å²) in [6.07, 6.45) is -2.69. The summed E-state index contributed by atoms with van der Waals surface area (Å²) >= 11 is 0. The first kappa shape index (κ1) is 29.9. The van der Waals surface area contributed by atoms with E-state index in [0.29, 0.717) is 38.0 Å². The Morgan fingerprint density at radius 3 is 2.42 bits per heavy atom. The Morgan fingerprint density at radius 1 is 1.00 bits per heavy atom. The third-order valence-electron chi connectivity index (χ3n) is 10.7. The third-order valence-corrected chi connectivity index (χ3v) is 10.7. The first-order chi connectivity index (χ1) is 20.3. The molecule has 0 saturated heterocycles. The molecule has 4 aliphatic carbocycles. The van der Waals surface area contributed by atoms with E-state index in [9.17, 15) is 23.1 Å². The van der Waals surface area contributed by atoms with E-state index in [-0.39, 0.29) is 24.5 Å². The lowest BCUT2D eigenvalue weighted by atomic mass is 9.50. The number of ketones is 1. The molecule has 0 spiro atoms. The molecule has 2 saturated carbocycles. The van der Waals surface area contributed by atoms with Crippen molar-refractivity contribution in [2.75, 3.05) is 12.4 Å². The largest absolute Gasteiger partial charge is 0.495 e. The number of carbonyl (C=O) groups is 1. The van der Waals surface area contributed by atoms with Gasteiger partial charge in [-0.2, -0.15) is 22.0 Å². The highest BCUT2D eigenvalue weighted by molar-refractivity contribution is 5.93. The van der Waals surface area contributed by atoms with Gasteiger partial charge < -0.3 is 15.2 Å². The number of fused-ring (bicyclic) bond motifs is 4. The molecule has 2 N–H and O–H groups in total. The molecule has 6 rings (SSSR count). The molecule has 2 fully saturated rings. The number of aliphatic hydroxyl groups is 1. The number of hydrogen-bond acceptors (Lipinski definition) is 4. The van der Waals surface area contributed by atoms with Gasteiger partial charge in [-0.05, 0) is 90.8 Å². The smallest absolute Gasteiger partial charge is 0.456 e. The van der Waals surface area contributed by atoms with Crippen molar-refractivity contribution in [2.45, 2.75) is 82.0 Å². The highest BCUT2D eigenvalue weighted by atomic mass is 19.4. The van der Waals surface area contributed by atoms with Crippen LogP contribution in [0.25, 0.3) is 0 Å². The molecule has 0 aliphatic heterocycles. The van der Waals surface area contributed by atoms with Crippen molar-refractivity contribution in [1.82, 2.24) is 0 Å². The van der Waals surface area contributed by atoms with Gasteiger partial charge in [0.1, 0.15) is 11.4 Å². The summed E-state index contributed by atoms with van der Waals surface area (Å²) in [5, 5.41) is 14.8. The molecular weight excluding hydrogens is 565 g/mol. The van der Waals surface area contributed by atoms with Crippen LogP contribution >= 0.6 is 0 Å². The van der Waals surface area contributed by atoms with Crippen LogP contribution in [0, 0.1) is 17.3 Å². The number of anilines is 1. The molecule has 0 radical (unpaired) electrons. The molecule has 5 atom stereocenters. The van der Waals surface area contributed by atoms with E-state index in [4.69, 9.17) is 4.74 Å². The number of nitrogens with one attached hydrogen (secondary N) is 1. The van der Waals surface area contributed by atoms with E-state index in [0.717, 1.165) is 33.5 Å². The summed E-state index contributed by atoms with van der Waals surface area (Å²) in [5.41, 5.74) is 0.802.